The second kappa shape index (κ2) is 7.16. The maximum atomic E-state index is 5.48. The van der Waals surface area contributed by atoms with Gasteiger partial charge in [0.1, 0.15) is 0 Å². The molecule has 2 nitrogen and oxygen atoms in total. The average molecular weight is 250 g/mol. The van der Waals surface area contributed by atoms with Crippen LogP contribution in [-0.4, -0.2) is 36.1 Å². The fourth-order valence-corrected chi connectivity index (χ4v) is 3.00. The molecular weight excluding hydrogens is 220 g/mol. The Morgan fingerprint density at radius 2 is 1.94 bits per heavy atom. The molecule has 0 spiro atoms. The van der Waals surface area contributed by atoms with E-state index in [0.29, 0.717) is 24.0 Å². The Morgan fingerprint density at radius 3 is 2.44 bits per heavy atom. The standard InChI is InChI=1S/C16H30N2/c1-7-8-14(6)18-11-15(9-12(2)3)17-10-16(18)13(4)5/h1,12-17H,8-11H2,2-6H3. The first-order chi connectivity index (χ1) is 8.45. The summed E-state index contributed by atoms with van der Waals surface area (Å²) in [7, 11) is 0. The molecule has 2 heteroatoms. The summed E-state index contributed by atoms with van der Waals surface area (Å²) in [6.07, 6.45) is 7.59. The van der Waals surface area contributed by atoms with Crippen molar-refractivity contribution in [3.05, 3.63) is 0 Å². The summed E-state index contributed by atoms with van der Waals surface area (Å²) in [5.74, 6) is 4.25. The number of hydrogen-bond donors (Lipinski definition) is 1. The van der Waals surface area contributed by atoms with Crippen LogP contribution >= 0.6 is 0 Å². The highest BCUT2D eigenvalue weighted by Crippen LogP contribution is 2.21. The zero-order valence-corrected chi connectivity index (χ0v) is 12.7. The number of rotatable bonds is 5. The lowest BCUT2D eigenvalue weighted by atomic mass is 9.93. The van der Waals surface area contributed by atoms with Crippen molar-refractivity contribution in [2.24, 2.45) is 11.8 Å². The normalized spacial score (nSPS) is 27.4. The lowest BCUT2D eigenvalue weighted by Crippen LogP contribution is -2.60. The monoisotopic (exact) mass is 250 g/mol. The number of nitrogens with zero attached hydrogens (tertiary/aromatic N) is 1. The van der Waals surface area contributed by atoms with Gasteiger partial charge >= 0.3 is 0 Å². The molecule has 1 aliphatic rings. The Hall–Kier alpha value is -0.520. The summed E-state index contributed by atoms with van der Waals surface area (Å²) in [6, 6.07) is 1.75. The van der Waals surface area contributed by atoms with Gasteiger partial charge in [-0.3, -0.25) is 4.90 Å². The summed E-state index contributed by atoms with van der Waals surface area (Å²) in [6.45, 7) is 13.7. The first kappa shape index (κ1) is 15.5. The molecule has 0 amide bonds. The van der Waals surface area contributed by atoms with Crippen molar-refractivity contribution in [2.75, 3.05) is 13.1 Å². The molecule has 0 aromatic rings. The van der Waals surface area contributed by atoms with Crippen LogP contribution in [0.5, 0.6) is 0 Å². The van der Waals surface area contributed by atoms with Crippen LogP contribution in [0.15, 0.2) is 0 Å². The van der Waals surface area contributed by atoms with Gasteiger partial charge in [0.05, 0.1) is 0 Å². The average Bonchev–Trinajstić information content (AvgIpc) is 2.28. The molecule has 104 valence electrons. The molecule has 1 N–H and O–H groups in total. The van der Waals surface area contributed by atoms with Crippen LogP contribution in [0, 0.1) is 24.2 Å². The third kappa shape index (κ3) is 4.30. The number of hydrogen-bond acceptors (Lipinski definition) is 2. The van der Waals surface area contributed by atoms with E-state index < -0.39 is 0 Å². The summed E-state index contributed by atoms with van der Waals surface area (Å²) in [5.41, 5.74) is 0. The highest BCUT2D eigenvalue weighted by atomic mass is 15.3. The molecule has 18 heavy (non-hydrogen) atoms. The Labute approximate surface area is 114 Å². The van der Waals surface area contributed by atoms with Gasteiger partial charge in [0.15, 0.2) is 0 Å². The van der Waals surface area contributed by atoms with E-state index in [-0.39, 0.29) is 0 Å². The topological polar surface area (TPSA) is 15.3 Å². The molecule has 0 radical (unpaired) electrons. The summed E-state index contributed by atoms with van der Waals surface area (Å²) in [4.78, 5) is 2.63. The molecule has 0 aliphatic carbocycles. The molecular formula is C16H30N2. The van der Waals surface area contributed by atoms with Gasteiger partial charge in [-0.25, -0.2) is 0 Å². The van der Waals surface area contributed by atoms with Crippen molar-refractivity contribution in [2.45, 2.75) is 65.6 Å². The first-order valence-electron chi connectivity index (χ1n) is 7.38. The van der Waals surface area contributed by atoms with Gasteiger partial charge in [0.2, 0.25) is 0 Å². The van der Waals surface area contributed by atoms with E-state index in [0.717, 1.165) is 25.4 Å². The molecule has 0 saturated carbocycles. The van der Waals surface area contributed by atoms with Gasteiger partial charge in [-0.15, -0.1) is 12.3 Å². The van der Waals surface area contributed by atoms with Crippen molar-refractivity contribution in [1.82, 2.24) is 10.2 Å². The molecule has 1 saturated heterocycles. The van der Waals surface area contributed by atoms with E-state index in [1.165, 1.54) is 6.42 Å². The van der Waals surface area contributed by atoms with Crippen molar-refractivity contribution in [1.29, 1.82) is 0 Å². The summed E-state index contributed by atoms with van der Waals surface area (Å²) < 4.78 is 0. The van der Waals surface area contributed by atoms with Crippen molar-refractivity contribution < 1.29 is 0 Å². The van der Waals surface area contributed by atoms with Crippen molar-refractivity contribution in [3.8, 4) is 12.3 Å². The Kier molecular flexibility index (Phi) is 6.18. The highest BCUT2D eigenvalue weighted by molar-refractivity contribution is 4.95. The SMILES string of the molecule is C#CCC(C)N1CC(CC(C)C)NCC1C(C)C. The number of nitrogens with one attached hydrogen (secondary N) is 1. The van der Waals surface area contributed by atoms with Crippen LogP contribution < -0.4 is 5.32 Å². The van der Waals surface area contributed by atoms with Gasteiger partial charge in [0, 0.05) is 37.6 Å². The molecule has 3 atom stereocenters. The third-order valence-electron chi connectivity index (χ3n) is 3.98. The van der Waals surface area contributed by atoms with Crippen LogP contribution in [-0.2, 0) is 0 Å². The third-order valence-corrected chi connectivity index (χ3v) is 3.98. The Morgan fingerprint density at radius 1 is 1.28 bits per heavy atom. The molecule has 1 aliphatic heterocycles. The molecule has 1 heterocycles. The quantitative estimate of drug-likeness (QED) is 0.755. The summed E-state index contributed by atoms with van der Waals surface area (Å²) in [5, 5.41) is 3.72. The predicted molar refractivity (Wildman–Crippen MR) is 79.5 cm³/mol. The van der Waals surface area contributed by atoms with Gasteiger partial charge in [0.25, 0.3) is 0 Å². The number of piperazine rings is 1. The van der Waals surface area contributed by atoms with Gasteiger partial charge in [-0.05, 0) is 25.2 Å². The minimum Gasteiger partial charge on any atom is -0.311 e. The maximum Gasteiger partial charge on any atom is 0.0247 e. The van der Waals surface area contributed by atoms with Crippen molar-refractivity contribution >= 4 is 0 Å². The van der Waals surface area contributed by atoms with E-state index in [1.54, 1.807) is 0 Å². The highest BCUT2D eigenvalue weighted by Gasteiger charge is 2.32. The Bertz CT molecular complexity index is 277. The molecule has 0 bridgehead atoms. The van der Waals surface area contributed by atoms with Gasteiger partial charge in [-0.1, -0.05) is 27.7 Å². The van der Waals surface area contributed by atoms with Crippen LogP contribution in [0.3, 0.4) is 0 Å². The first-order valence-corrected chi connectivity index (χ1v) is 7.38. The smallest absolute Gasteiger partial charge is 0.0247 e. The minimum atomic E-state index is 0.499. The van der Waals surface area contributed by atoms with E-state index in [1.807, 2.05) is 0 Å². The maximum absolute atomic E-state index is 5.48. The zero-order valence-electron chi connectivity index (χ0n) is 12.7. The zero-order chi connectivity index (χ0) is 13.7. The molecule has 1 fully saturated rings. The number of terminal acetylenes is 1. The minimum absolute atomic E-state index is 0.499. The molecule has 1 rings (SSSR count). The summed E-state index contributed by atoms with van der Waals surface area (Å²) >= 11 is 0. The van der Waals surface area contributed by atoms with Crippen LogP contribution in [0.1, 0.15) is 47.5 Å². The largest absolute Gasteiger partial charge is 0.311 e. The predicted octanol–water partition coefficient (Wildman–Crippen LogP) is 2.74. The van der Waals surface area contributed by atoms with E-state index >= 15 is 0 Å². The fraction of sp³-hybridized carbons (Fsp3) is 0.875. The van der Waals surface area contributed by atoms with Gasteiger partial charge in [-0.2, -0.15) is 0 Å². The van der Waals surface area contributed by atoms with Crippen LogP contribution in [0.2, 0.25) is 0 Å². The molecule has 0 aromatic carbocycles. The molecule has 3 unspecified atom stereocenters. The van der Waals surface area contributed by atoms with E-state index in [2.05, 4.69) is 50.8 Å². The molecule has 0 aromatic heterocycles. The second-order valence-corrected chi connectivity index (χ2v) is 6.50. The lowest BCUT2D eigenvalue weighted by Gasteiger charge is -2.45. The van der Waals surface area contributed by atoms with Gasteiger partial charge < -0.3 is 5.32 Å². The lowest BCUT2D eigenvalue weighted by molar-refractivity contribution is 0.0593. The fourth-order valence-electron chi connectivity index (χ4n) is 3.00. The Balaban J connectivity index is 2.67. The second-order valence-electron chi connectivity index (χ2n) is 6.50. The van der Waals surface area contributed by atoms with E-state index in [4.69, 9.17) is 6.42 Å². The van der Waals surface area contributed by atoms with Crippen LogP contribution in [0.25, 0.3) is 0 Å². The van der Waals surface area contributed by atoms with Crippen molar-refractivity contribution in [3.63, 3.8) is 0 Å². The van der Waals surface area contributed by atoms with Crippen LogP contribution in [0.4, 0.5) is 0 Å². The van der Waals surface area contributed by atoms with E-state index in [9.17, 15) is 0 Å².